The fraction of sp³-hybridized carbons (Fsp3) is 0.900. The number of fused-ring (bicyclic) bond motifs is 1. The van der Waals surface area contributed by atoms with Gasteiger partial charge in [0.25, 0.3) is 0 Å². The lowest BCUT2D eigenvalue weighted by Gasteiger charge is -2.35. The number of rotatable bonds is 0. The molecule has 0 aliphatic carbocycles. The number of Topliss-reactive ketones (excluding diaryl/α,β-unsaturated/α-hetero) is 1. The minimum atomic E-state index is 0.304. The molecule has 0 aromatic carbocycles. The lowest BCUT2D eigenvalue weighted by molar-refractivity contribution is -0.124. The van der Waals surface area contributed by atoms with Crippen LogP contribution in [0.3, 0.4) is 0 Å². The van der Waals surface area contributed by atoms with Crippen LogP contribution in [0.15, 0.2) is 0 Å². The van der Waals surface area contributed by atoms with Crippen molar-refractivity contribution in [3.8, 4) is 0 Å². The zero-order valence-electron chi connectivity index (χ0n) is 8.25. The molecule has 2 aliphatic heterocycles. The van der Waals surface area contributed by atoms with Crippen molar-refractivity contribution >= 4 is 5.78 Å². The molecule has 2 saturated heterocycles. The summed E-state index contributed by atoms with van der Waals surface area (Å²) in [7, 11) is 2.13. The number of nitrogens with one attached hydrogen (secondary N) is 1. The largest absolute Gasteiger partial charge is 0.312 e. The highest BCUT2D eigenvalue weighted by molar-refractivity contribution is 5.82. The smallest absolute Gasteiger partial charge is 0.137 e. The summed E-state index contributed by atoms with van der Waals surface area (Å²) in [6, 6.07) is 0.425. The van der Waals surface area contributed by atoms with Crippen molar-refractivity contribution in [2.45, 2.75) is 25.3 Å². The minimum absolute atomic E-state index is 0.304. The highest BCUT2D eigenvalue weighted by Gasteiger charge is 2.33. The average molecular weight is 182 g/mol. The van der Waals surface area contributed by atoms with E-state index in [1.807, 2.05) is 0 Å². The summed E-state index contributed by atoms with van der Waals surface area (Å²) < 4.78 is 0. The molecule has 2 heterocycles. The van der Waals surface area contributed by atoms with Gasteiger partial charge in [0.1, 0.15) is 5.78 Å². The van der Waals surface area contributed by atoms with E-state index in [1.165, 1.54) is 0 Å². The summed E-state index contributed by atoms with van der Waals surface area (Å²) in [6.45, 7) is 3.13. The molecular formula is C10H18N2O. The Labute approximate surface area is 79.5 Å². The van der Waals surface area contributed by atoms with Crippen LogP contribution in [0.1, 0.15) is 19.3 Å². The van der Waals surface area contributed by atoms with Crippen LogP contribution in [0.5, 0.6) is 0 Å². The van der Waals surface area contributed by atoms with E-state index in [1.54, 1.807) is 0 Å². The quantitative estimate of drug-likeness (QED) is 0.583. The van der Waals surface area contributed by atoms with Gasteiger partial charge in [-0.15, -0.1) is 0 Å². The molecule has 2 fully saturated rings. The first-order chi connectivity index (χ1) is 6.27. The van der Waals surface area contributed by atoms with Crippen molar-refractivity contribution in [3.63, 3.8) is 0 Å². The maximum absolute atomic E-state index is 11.7. The van der Waals surface area contributed by atoms with Gasteiger partial charge in [-0.3, -0.25) is 4.79 Å². The van der Waals surface area contributed by atoms with Crippen LogP contribution < -0.4 is 5.32 Å². The third kappa shape index (κ3) is 1.92. The van der Waals surface area contributed by atoms with Crippen molar-refractivity contribution in [1.82, 2.24) is 10.2 Å². The second kappa shape index (κ2) is 3.76. The maximum Gasteiger partial charge on any atom is 0.137 e. The molecule has 74 valence electrons. The van der Waals surface area contributed by atoms with Gasteiger partial charge in [0.2, 0.25) is 0 Å². The molecule has 0 bridgehead atoms. The van der Waals surface area contributed by atoms with E-state index in [-0.39, 0.29) is 0 Å². The van der Waals surface area contributed by atoms with Crippen molar-refractivity contribution < 1.29 is 4.79 Å². The second-order valence-corrected chi connectivity index (χ2v) is 4.29. The van der Waals surface area contributed by atoms with Crippen LogP contribution in [0.2, 0.25) is 0 Å². The van der Waals surface area contributed by atoms with Crippen LogP contribution >= 0.6 is 0 Å². The Morgan fingerprint density at radius 2 is 2.38 bits per heavy atom. The molecule has 0 radical (unpaired) electrons. The number of nitrogens with zero attached hydrogens (tertiary/aromatic N) is 1. The van der Waals surface area contributed by atoms with Gasteiger partial charge in [-0.05, 0) is 33.0 Å². The van der Waals surface area contributed by atoms with Gasteiger partial charge in [0, 0.05) is 24.9 Å². The Morgan fingerprint density at radius 1 is 1.54 bits per heavy atom. The summed E-state index contributed by atoms with van der Waals surface area (Å²) in [4.78, 5) is 14.0. The van der Waals surface area contributed by atoms with Gasteiger partial charge in [0.15, 0.2) is 0 Å². The van der Waals surface area contributed by atoms with Crippen LogP contribution in [0.25, 0.3) is 0 Å². The zero-order valence-corrected chi connectivity index (χ0v) is 8.25. The molecular weight excluding hydrogens is 164 g/mol. The van der Waals surface area contributed by atoms with Crippen LogP contribution in [-0.4, -0.2) is 43.4 Å². The van der Waals surface area contributed by atoms with E-state index in [9.17, 15) is 4.79 Å². The lowest BCUT2D eigenvalue weighted by Crippen LogP contribution is -2.50. The third-order valence-electron chi connectivity index (χ3n) is 3.24. The summed E-state index contributed by atoms with van der Waals surface area (Å²) >= 11 is 0. The summed E-state index contributed by atoms with van der Waals surface area (Å²) in [5.41, 5.74) is 0. The number of ketones is 1. The second-order valence-electron chi connectivity index (χ2n) is 4.29. The first-order valence-corrected chi connectivity index (χ1v) is 5.22. The fourth-order valence-electron chi connectivity index (χ4n) is 2.44. The Hall–Kier alpha value is -0.410. The summed E-state index contributed by atoms with van der Waals surface area (Å²) in [6.07, 6.45) is 2.86. The van der Waals surface area contributed by atoms with E-state index in [0.717, 1.165) is 38.9 Å². The number of piperidine rings is 1. The molecule has 3 heteroatoms. The highest BCUT2D eigenvalue weighted by atomic mass is 16.1. The monoisotopic (exact) mass is 182 g/mol. The van der Waals surface area contributed by atoms with Gasteiger partial charge in [-0.2, -0.15) is 0 Å². The molecule has 0 saturated carbocycles. The Kier molecular flexibility index (Phi) is 2.65. The summed E-state index contributed by atoms with van der Waals surface area (Å²) in [5, 5.41) is 3.48. The first kappa shape index (κ1) is 9.16. The topological polar surface area (TPSA) is 32.3 Å². The molecule has 2 aliphatic rings. The number of likely N-dealkylation sites (tertiary alicyclic amines) is 1. The van der Waals surface area contributed by atoms with Gasteiger partial charge in [0.05, 0.1) is 0 Å². The normalized spacial score (nSPS) is 36.8. The van der Waals surface area contributed by atoms with E-state index in [0.29, 0.717) is 17.7 Å². The molecule has 2 atom stereocenters. The summed E-state index contributed by atoms with van der Waals surface area (Å²) in [5.74, 6) is 0.793. The molecule has 0 aromatic rings. The lowest BCUT2D eigenvalue weighted by atomic mass is 9.87. The number of likely N-dealkylation sites (N-methyl/N-ethyl adjacent to an activating group) is 1. The average Bonchev–Trinajstić information content (AvgIpc) is 2.28. The molecule has 1 N–H and O–H groups in total. The van der Waals surface area contributed by atoms with Gasteiger partial charge >= 0.3 is 0 Å². The van der Waals surface area contributed by atoms with Gasteiger partial charge in [-0.1, -0.05) is 0 Å². The maximum atomic E-state index is 11.7. The van der Waals surface area contributed by atoms with Crippen molar-refractivity contribution in [3.05, 3.63) is 0 Å². The predicted octanol–water partition coefficient (Wildman–Crippen LogP) is 0.259. The van der Waals surface area contributed by atoms with Crippen LogP contribution in [0, 0.1) is 5.92 Å². The highest BCUT2D eigenvalue weighted by Crippen LogP contribution is 2.21. The number of hydrogen-bond donors (Lipinski definition) is 1. The molecule has 0 spiro atoms. The number of hydrogen-bond acceptors (Lipinski definition) is 3. The SMILES string of the molecule is CN1CCC2C(=O)CCCNC2C1. The van der Waals surface area contributed by atoms with E-state index in [4.69, 9.17) is 0 Å². The zero-order chi connectivity index (χ0) is 9.26. The van der Waals surface area contributed by atoms with Crippen molar-refractivity contribution in [1.29, 1.82) is 0 Å². The van der Waals surface area contributed by atoms with E-state index < -0.39 is 0 Å². The number of carbonyl (C=O) groups is 1. The standard InChI is InChI=1S/C10H18N2O/c1-12-6-4-8-9(7-12)11-5-2-3-10(8)13/h8-9,11H,2-7H2,1H3. The Morgan fingerprint density at radius 3 is 3.23 bits per heavy atom. The third-order valence-corrected chi connectivity index (χ3v) is 3.24. The Bertz CT molecular complexity index is 205. The molecule has 0 aromatic heterocycles. The van der Waals surface area contributed by atoms with Gasteiger partial charge in [-0.25, -0.2) is 0 Å². The molecule has 2 rings (SSSR count). The van der Waals surface area contributed by atoms with Crippen molar-refractivity contribution in [2.24, 2.45) is 5.92 Å². The van der Waals surface area contributed by atoms with E-state index in [2.05, 4.69) is 17.3 Å². The first-order valence-electron chi connectivity index (χ1n) is 5.22. The predicted molar refractivity (Wildman–Crippen MR) is 51.6 cm³/mol. The van der Waals surface area contributed by atoms with Crippen LogP contribution in [0.4, 0.5) is 0 Å². The molecule has 0 amide bonds. The fourth-order valence-corrected chi connectivity index (χ4v) is 2.44. The van der Waals surface area contributed by atoms with E-state index >= 15 is 0 Å². The van der Waals surface area contributed by atoms with Crippen molar-refractivity contribution in [2.75, 3.05) is 26.7 Å². The van der Waals surface area contributed by atoms with Crippen LogP contribution in [-0.2, 0) is 4.79 Å². The molecule has 2 unspecified atom stereocenters. The minimum Gasteiger partial charge on any atom is -0.312 e. The number of carbonyl (C=O) groups excluding carboxylic acids is 1. The Balaban J connectivity index is 2.06. The molecule has 3 nitrogen and oxygen atoms in total. The molecule has 13 heavy (non-hydrogen) atoms. The van der Waals surface area contributed by atoms with Gasteiger partial charge < -0.3 is 10.2 Å².